The summed E-state index contributed by atoms with van der Waals surface area (Å²) >= 11 is 0. The molecule has 0 unspecified atom stereocenters. The van der Waals surface area contributed by atoms with Crippen molar-refractivity contribution in [2.45, 2.75) is 26.7 Å². The largest absolute Gasteiger partial charge is 0.375 e. The number of amides is 1. The van der Waals surface area contributed by atoms with E-state index < -0.39 is 0 Å². The van der Waals surface area contributed by atoms with Crippen molar-refractivity contribution in [3.8, 4) is 0 Å². The highest BCUT2D eigenvalue weighted by Gasteiger charge is 2.08. The smallest absolute Gasteiger partial charge is 0.255 e. The quantitative estimate of drug-likeness (QED) is 0.880. The predicted molar refractivity (Wildman–Crippen MR) is 93.9 cm³/mol. The standard InChI is InChI=1S/C19H24N2O/c1-5-21(4)18-11-9-15(10-12-18)19(22)20-17-8-6-7-16(13-17)14(2)3/h6-14H,5H2,1-4H3,(H,20,22). The van der Waals surface area contributed by atoms with Gasteiger partial charge in [0.05, 0.1) is 0 Å². The Hall–Kier alpha value is -2.29. The first-order chi connectivity index (χ1) is 10.5. The lowest BCUT2D eigenvalue weighted by molar-refractivity contribution is 0.102. The molecular weight excluding hydrogens is 272 g/mol. The molecule has 0 bridgehead atoms. The molecule has 0 heterocycles. The van der Waals surface area contributed by atoms with Gasteiger partial charge >= 0.3 is 0 Å². The van der Waals surface area contributed by atoms with E-state index in [4.69, 9.17) is 0 Å². The van der Waals surface area contributed by atoms with E-state index in [9.17, 15) is 4.79 Å². The van der Waals surface area contributed by atoms with Crippen LogP contribution in [0.5, 0.6) is 0 Å². The summed E-state index contributed by atoms with van der Waals surface area (Å²) in [5, 5.41) is 2.96. The van der Waals surface area contributed by atoms with Crippen molar-refractivity contribution < 1.29 is 4.79 Å². The lowest BCUT2D eigenvalue weighted by atomic mass is 10.0. The van der Waals surface area contributed by atoms with Gasteiger partial charge in [0, 0.05) is 30.5 Å². The molecule has 0 aliphatic heterocycles. The van der Waals surface area contributed by atoms with Crippen molar-refractivity contribution in [1.82, 2.24) is 0 Å². The van der Waals surface area contributed by atoms with Gasteiger partial charge in [-0.3, -0.25) is 4.79 Å². The van der Waals surface area contributed by atoms with E-state index in [1.807, 2.05) is 49.5 Å². The molecule has 0 saturated heterocycles. The third kappa shape index (κ3) is 3.88. The lowest BCUT2D eigenvalue weighted by Gasteiger charge is -2.16. The number of carbonyl (C=O) groups excluding carboxylic acids is 1. The summed E-state index contributed by atoms with van der Waals surface area (Å²) in [5.41, 5.74) is 3.84. The monoisotopic (exact) mass is 296 g/mol. The third-order valence-corrected chi connectivity index (χ3v) is 3.86. The van der Waals surface area contributed by atoms with Gasteiger partial charge in [0.2, 0.25) is 0 Å². The Balaban J connectivity index is 2.10. The van der Waals surface area contributed by atoms with Crippen molar-refractivity contribution in [1.29, 1.82) is 0 Å². The Kier molecular flexibility index (Phi) is 5.21. The number of nitrogens with zero attached hydrogens (tertiary/aromatic N) is 1. The molecule has 3 nitrogen and oxygen atoms in total. The van der Waals surface area contributed by atoms with Gasteiger partial charge in [0.15, 0.2) is 0 Å². The van der Waals surface area contributed by atoms with Crippen molar-refractivity contribution >= 4 is 17.3 Å². The van der Waals surface area contributed by atoms with E-state index in [2.05, 4.69) is 37.1 Å². The fourth-order valence-corrected chi connectivity index (χ4v) is 2.23. The number of carbonyl (C=O) groups is 1. The van der Waals surface area contributed by atoms with Gasteiger partial charge in [0.1, 0.15) is 0 Å². The predicted octanol–water partition coefficient (Wildman–Crippen LogP) is 4.52. The molecule has 0 aliphatic carbocycles. The normalized spacial score (nSPS) is 10.6. The fourth-order valence-electron chi connectivity index (χ4n) is 2.23. The summed E-state index contributed by atoms with van der Waals surface area (Å²) < 4.78 is 0. The van der Waals surface area contributed by atoms with Crippen LogP contribution in [-0.4, -0.2) is 19.5 Å². The van der Waals surface area contributed by atoms with E-state index in [0.29, 0.717) is 11.5 Å². The van der Waals surface area contributed by atoms with Gasteiger partial charge in [-0.25, -0.2) is 0 Å². The van der Waals surface area contributed by atoms with Crippen molar-refractivity contribution in [2.24, 2.45) is 0 Å². The van der Waals surface area contributed by atoms with Crippen LogP contribution in [0.2, 0.25) is 0 Å². The maximum absolute atomic E-state index is 12.3. The van der Waals surface area contributed by atoms with Crippen LogP contribution in [0.3, 0.4) is 0 Å². The molecule has 0 atom stereocenters. The molecule has 2 aromatic rings. The summed E-state index contributed by atoms with van der Waals surface area (Å²) in [7, 11) is 2.03. The summed E-state index contributed by atoms with van der Waals surface area (Å²) in [5.74, 6) is 0.368. The van der Waals surface area contributed by atoms with Crippen LogP contribution in [-0.2, 0) is 0 Å². The first-order valence-corrected chi connectivity index (χ1v) is 7.73. The second kappa shape index (κ2) is 7.12. The van der Waals surface area contributed by atoms with E-state index in [1.54, 1.807) is 0 Å². The molecule has 2 rings (SSSR count). The molecule has 116 valence electrons. The highest BCUT2D eigenvalue weighted by molar-refractivity contribution is 6.04. The van der Waals surface area contributed by atoms with Crippen LogP contribution < -0.4 is 10.2 Å². The number of nitrogens with one attached hydrogen (secondary N) is 1. The summed E-state index contributed by atoms with van der Waals surface area (Å²) in [6.07, 6.45) is 0. The second-order valence-electron chi connectivity index (χ2n) is 5.80. The maximum atomic E-state index is 12.3. The Labute approximate surface area is 133 Å². The zero-order chi connectivity index (χ0) is 16.1. The minimum absolute atomic E-state index is 0.0772. The summed E-state index contributed by atoms with van der Waals surface area (Å²) in [6.45, 7) is 7.32. The molecule has 0 aromatic heterocycles. The molecule has 22 heavy (non-hydrogen) atoms. The minimum Gasteiger partial charge on any atom is -0.375 e. The Morgan fingerprint density at radius 3 is 2.41 bits per heavy atom. The topological polar surface area (TPSA) is 32.3 Å². The van der Waals surface area contributed by atoms with E-state index >= 15 is 0 Å². The molecule has 0 spiro atoms. The lowest BCUT2D eigenvalue weighted by Crippen LogP contribution is -2.16. The second-order valence-corrected chi connectivity index (χ2v) is 5.80. The van der Waals surface area contributed by atoms with Crippen LogP contribution >= 0.6 is 0 Å². The third-order valence-electron chi connectivity index (χ3n) is 3.86. The van der Waals surface area contributed by atoms with Crippen molar-refractivity contribution in [3.63, 3.8) is 0 Å². The average molecular weight is 296 g/mol. The maximum Gasteiger partial charge on any atom is 0.255 e. The van der Waals surface area contributed by atoms with Crippen LogP contribution in [0.1, 0.15) is 42.6 Å². The molecule has 0 fully saturated rings. The van der Waals surface area contributed by atoms with Gasteiger partial charge in [-0.05, 0) is 54.8 Å². The Morgan fingerprint density at radius 2 is 1.82 bits per heavy atom. The zero-order valence-electron chi connectivity index (χ0n) is 13.8. The molecular formula is C19H24N2O. The highest BCUT2D eigenvalue weighted by Crippen LogP contribution is 2.19. The number of benzene rings is 2. The zero-order valence-corrected chi connectivity index (χ0v) is 13.8. The van der Waals surface area contributed by atoms with Gasteiger partial charge in [0.25, 0.3) is 5.91 Å². The Bertz CT molecular complexity index is 632. The van der Waals surface area contributed by atoms with E-state index in [1.165, 1.54) is 5.56 Å². The van der Waals surface area contributed by atoms with Gasteiger partial charge in [-0.2, -0.15) is 0 Å². The number of anilines is 2. The van der Waals surface area contributed by atoms with Crippen LogP contribution in [0, 0.1) is 0 Å². The number of hydrogen-bond donors (Lipinski definition) is 1. The van der Waals surface area contributed by atoms with Crippen molar-refractivity contribution in [2.75, 3.05) is 23.8 Å². The molecule has 0 saturated carbocycles. The SMILES string of the molecule is CCN(C)c1ccc(C(=O)Nc2cccc(C(C)C)c2)cc1. The van der Waals surface area contributed by atoms with E-state index in [0.717, 1.165) is 17.9 Å². The number of hydrogen-bond acceptors (Lipinski definition) is 2. The van der Waals surface area contributed by atoms with Crippen molar-refractivity contribution in [3.05, 3.63) is 59.7 Å². The summed E-state index contributed by atoms with van der Waals surface area (Å²) in [4.78, 5) is 14.5. The van der Waals surface area contributed by atoms with Crippen LogP contribution in [0.15, 0.2) is 48.5 Å². The first-order valence-electron chi connectivity index (χ1n) is 7.73. The van der Waals surface area contributed by atoms with Crippen LogP contribution in [0.25, 0.3) is 0 Å². The molecule has 0 radical (unpaired) electrons. The van der Waals surface area contributed by atoms with Crippen LogP contribution in [0.4, 0.5) is 11.4 Å². The number of rotatable bonds is 5. The fraction of sp³-hybridized carbons (Fsp3) is 0.316. The summed E-state index contributed by atoms with van der Waals surface area (Å²) in [6, 6.07) is 15.7. The van der Waals surface area contributed by atoms with E-state index in [-0.39, 0.29) is 5.91 Å². The molecule has 1 amide bonds. The minimum atomic E-state index is -0.0772. The molecule has 2 aromatic carbocycles. The molecule has 1 N–H and O–H groups in total. The highest BCUT2D eigenvalue weighted by atomic mass is 16.1. The first kappa shape index (κ1) is 16.1. The van der Waals surface area contributed by atoms with Gasteiger partial charge in [-0.15, -0.1) is 0 Å². The van der Waals surface area contributed by atoms with Gasteiger partial charge in [-0.1, -0.05) is 26.0 Å². The Morgan fingerprint density at radius 1 is 1.14 bits per heavy atom. The molecule has 3 heteroatoms. The van der Waals surface area contributed by atoms with Gasteiger partial charge < -0.3 is 10.2 Å². The average Bonchev–Trinajstić information content (AvgIpc) is 2.54. The molecule has 0 aliphatic rings.